The van der Waals surface area contributed by atoms with Crippen LogP contribution in [0.15, 0.2) is 52.3 Å². The highest BCUT2D eigenvalue weighted by atomic mass is 32.2. The number of phenolic OH excluding ortho intramolecular Hbond substituents is 1. The highest BCUT2D eigenvalue weighted by Crippen LogP contribution is 2.68. The summed E-state index contributed by atoms with van der Waals surface area (Å²) in [4.78, 5) is 69.7. The van der Waals surface area contributed by atoms with E-state index in [0.29, 0.717) is 23.4 Å². The minimum absolute atomic E-state index is 0.00719. The number of thioether (sulfide) groups is 1. The number of esters is 1. The number of amides is 3. The molecule has 2 bridgehead atoms. The van der Waals surface area contributed by atoms with Gasteiger partial charge >= 0.3 is 10.8 Å². The largest absolute Gasteiger partial charge is 0.504 e. The van der Waals surface area contributed by atoms with Gasteiger partial charge in [-0.25, -0.2) is 4.79 Å². The van der Waals surface area contributed by atoms with Crippen molar-refractivity contribution in [1.29, 1.82) is 0 Å². The van der Waals surface area contributed by atoms with Crippen LogP contribution in [0.25, 0.3) is 0 Å². The molecule has 11 nitrogen and oxygen atoms in total. The molecule has 0 radical (unpaired) electrons. The SMILES string of the molecule is CCOC(=O)c1ccc(NC(=O)CN2C(=O)C3C4CC(C3C2=O)C2C(c3ccc(O)c(OC)c3)c3sc(=O)[nH]c3SC42)cc1. The highest BCUT2D eigenvalue weighted by molar-refractivity contribution is 8.00. The van der Waals surface area contributed by atoms with E-state index in [2.05, 4.69) is 10.3 Å². The fourth-order valence-corrected chi connectivity index (χ4v) is 10.6. The summed E-state index contributed by atoms with van der Waals surface area (Å²) in [5.41, 5.74) is 1.65. The minimum Gasteiger partial charge on any atom is -0.504 e. The number of aromatic hydroxyl groups is 1. The van der Waals surface area contributed by atoms with Gasteiger partial charge < -0.3 is 24.9 Å². The lowest BCUT2D eigenvalue weighted by atomic mass is 9.68. The van der Waals surface area contributed by atoms with Gasteiger partial charge in [0.25, 0.3) is 0 Å². The smallest absolute Gasteiger partial charge is 0.338 e. The highest BCUT2D eigenvalue weighted by Gasteiger charge is 2.69. The summed E-state index contributed by atoms with van der Waals surface area (Å²) < 4.78 is 10.4. The fourth-order valence-electron chi connectivity index (χ4n) is 7.74. The lowest BCUT2D eigenvalue weighted by molar-refractivity contribution is -0.143. The molecular weight excluding hydrogens is 606 g/mol. The maximum absolute atomic E-state index is 13.8. The predicted octanol–water partition coefficient (Wildman–Crippen LogP) is 3.44. The lowest BCUT2D eigenvalue weighted by Gasteiger charge is -2.43. The van der Waals surface area contributed by atoms with E-state index in [9.17, 15) is 29.1 Å². The van der Waals surface area contributed by atoms with Gasteiger partial charge in [-0.05, 0) is 73.1 Å². The van der Waals surface area contributed by atoms with Crippen LogP contribution in [0, 0.1) is 29.6 Å². The molecular formula is C31H29N3O8S2. The fraction of sp³-hybridized carbons (Fsp3) is 0.387. The number of carbonyl (C=O) groups excluding carboxylic acids is 4. The third-order valence-electron chi connectivity index (χ3n) is 9.36. The van der Waals surface area contributed by atoms with Crippen molar-refractivity contribution >= 4 is 52.5 Å². The lowest BCUT2D eigenvalue weighted by Crippen LogP contribution is -2.42. The van der Waals surface area contributed by atoms with E-state index in [0.717, 1.165) is 31.7 Å². The van der Waals surface area contributed by atoms with E-state index in [1.807, 2.05) is 6.07 Å². The van der Waals surface area contributed by atoms with Crippen molar-refractivity contribution in [2.45, 2.75) is 29.5 Å². The number of hydrogen-bond donors (Lipinski definition) is 3. The summed E-state index contributed by atoms with van der Waals surface area (Å²) in [7, 11) is 1.48. The Hall–Kier alpha value is -4.10. The summed E-state index contributed by atoms with van der Waals surface area (Å²) in [6.45, 7) is 1.57. The van der Waals surface area contributed by atoms with E-state index in [1.54, 1.807) is 43.0 Å². The number of fused-ring (bicyclic) bond motifs is 9. The molecule has 2 aliphatic heterocycles. The monoisotopic (exact) mass is 635 g/mol. The zero-order valence-electron chi connectivity index (χ0n) is 23.8. The van der Waals surface area contributed by atoms with Crippen LogP contribution >= 0.6 is 23.1 Å². The van der Waals surface area contributed by atoms with E-state index < -0.39 is 30.3 Å². The minimum atomic E-state index is -0.537. The van der Waals surface area contributed by atoms with E-state index >= 15 is 0 Å². The number of ether oxygens (including phenoxy) is 2. The number of imide groups is 1. The predicted molar refractivity (Wildman–Crippen MR) is 161 cm³/mol. The summed E-state index contributed by atoms with van der Waals surface area (Å²) in [6, 6.07) is 11.4. The summed E-state index contributed by atoms with van der Waals surface area (Å²) >= 11 is 2.73. The van der Waals surface area contributed by atoms with Crippen molar-refractivity contribution in [2.75, 3.05) is 25.6 Å². The number of methoxy groups -OCH3 is 1. The molecule has 0 spiro atoms. The van der Waals surface area contributed by atoms with Gasteiger partial charge in [-0.1, -0.05) is 17.4 Å². The number of phenols is 1. The molecule has 3 amide bonds. The summed E-state index contributed by atoms with van der Waals surface area (Å²) in [6.07, 6.45) is 0.715. The number of hydrogen-bond acceptors (Lipinski definition) is 10. The van der Waals surface area contributed by atoms with E-state index in [4.69, 9.17) is 9.47 Å². The number of nitrogens with one attached hydrogen (secondary N) is 2. The Bertz CT molecular complexity index is 1750. The molecule has 2 aromatic carbocycles. The molecule has 228 valence electrons. The molecule has 3 N–H and O–H groups in total. The number of rotatable bonds is 7. The molecule has 2 aliphatic carbocycles. The Labute approximate surface area is 259 Å². The third-order valence-corrected chi connectivity index (χ3v) is 11.9. The Morgan fingerprint density at radius 3 is 2.50 bits per heavy atom. The van der Waals surface area contributed by atoms with Gasteiger partial charge in [0, 0.05) is 21.7 Å². The molecule has 3 aromatic rings. The van der Waals surface area contributed by atoms with Gasteiger partial charge in [0.05, 0.1) is 36.1 Å². The van der Waals surface area contributed by atoms with Gasteiger partial charge in [0.15, 0.2) is 11.5 Å². The van der Waals surface area contributed by atoms with Crippen LogP contribution in [-0.4, -0.2) is 64.2 Å². The van der Waals surface area contributed by atoms with Gasteiger partial charge in [-0.3, -0.25) is 24.1 Å². The molecule has 7 rings (SSSR count). The maximum atomic E-state index is 13.8. The van der Waals surface area contributed by atoms with Crippen LogP contribution in [0.2, 0.25) is 0 Å². The second kappa shape index (κ2) is 10.8. The molecule has 3 heterocycles. The number of carbonyl (C=O) groups is 4. The summed E-state index contributed by atoms with van der Waals surface area (Å²) in [5.74, 6) is -2.80. The molecule has 2 saturated carbocycles. The number of thiazole rings is 1. The molecule has 7 atom stereocenters. The van der Waals surface area contributed by atoms with Gasteiger partial charge in [-0.15, -0.1) is 11.8 Å². The number of aromatic amines is 1. The van der Waals surface area contributed by atoms with Gasteiger partial charge in [0.1, 0.15) is 6.54 Å². The van der Waals surface area contributed by atoms with Crippen LogP contribution in [0.1, 0.15) is 40.1 Å². The molecule has 3 fully saturated rings. The molecule has 1 saturated heterocycles. The molecule has 1 aromatic heterocycles. The number of likely N-dealkylation sites (tertiary alicyclic amines) is 1. The second-order valence-electron chi connectivity index (χ2n) is 11.5. The Morgan fingerprint density at radius 1 is 1.07 bits per heavy atom. The van der Waals surface area contributed by atoms with Crippen LogP contribution in [0.5, 0.6) is 11.5 Å². The molecule has 7 unspecified atom stereocenters. The maximum Gasteiger partial charge on any atom is 0.338 e. The first-order chi connectivity index (χ1) is 21.2. The Morgan fingerprint density at radius 2 is 1.80 bits per heavy atom. The van der Waals surface area contributed by atoms with Crippen LogP contribution in [0.3, 0.4) is 0 Å². The Kier molecular flexibility index (Phi) is 7.04. The van der Waals surface area contributed by atoms with E-state index in [-0.39, 0.29) is 58.0 Å². The number of aromatic nitrogens is 1. The van der Waals surface area contributed by atoms with Crippen LogP contribution in [0.4, 0.5) is 5.69 Å². The first kappa shape index (κ1) is 28.7. The van der Waals surface area contributed by atoms with E-state index in [1.165, 1.54) is 19.2 Å². The zero-order valence-corrected chi connectivity index (χ0v) is 25.4. The number of anilines is 1. The van der Waals surface area contributed by atoms with Crippen molar-refractivity contribution in [3.8, 4) is 11.5 Å². The summed E-state index contributed by atoms with van der Waals surface area (Å²) in [5, 5.41) is 13.7. The molecule has 44 heavy (non-hydrogen) atoms. The quantitative estimate of drug-likeness (QED) is 0.262. The van der Waals surface area contributed by atoms with Crippen molar-refractivity contribution < 1.29 is 33.8 Å². The normalized spacial score (nSPS) is 28.0. The van der Waals surface area contributed by atoms with Crippen LogP contribution in [-0.2, 0) is 19.1 Å². The average molecular weight is 636 g/mol. The van der Waals surface area contributed by atoms with Crippen molar-refractivity contribution in [1.82, 2.24) is 9.88 Å². The number of nitrogens with zero attached hydrogens (tertiary/aromatic N) is 1. The van der Waals surface area contributed by atoms with Crippen molar-refractivity contribution in [3.05, 3.63) is 68.1 Å². The number of benzene rings is 2. The van der Waals surface area contributed by atoms with Gasteiger partial charge in [-0.2, -0.15) is 0 Å². The standard InChI is InChI=1S/C31H29N3O8S2/c1-3-42-30(39)13-4-7-15(8-5-13)32-20(36)12-34-28(37)23-16-11-17(24(23)29(34)38)25-22(16)21(26-27(43-25)33-31(40)44-26)14-6-9-18(35)19(10-14)41-2/h4-10,16-17,21-25,35H,3,11-12H2,1-2H3,(H,32,36)(H,33,40). The molecule has 4 aliphatic rings. The van der Waals surface area contributed by atoms with Crippen molar-refractivity contribution in [2.24, 2.45) is 29.6 Å². The zero-order chi connectivity index (χ0) is 30.9. The Balaban J connectivity index is 1.13. The first-order valence-corrected chi connectivity index (χ1v) is 16.1. The average Bonchev–Trinajstić information content (AvgIpc) is 3.74. The third kappa shape index (κ3) is 4.43. The van der Waals surface area contributed by atoms with Crippen molar-refractivity contribution in [3.63, 3.8) is 0 Å². The topological polar surface area (TPSA) is 155 Å². The number of H-pyrrole nitrogens is 1. The molecule has 13 heteroatoms. The van der Waals surface area contributed by atoms with Gasteiger partial charge in [0.2, 0.25) is 17.7 Å². The van der Waals surface area contributed by atoms with Crippen LogP contribution < -0.4 is 14.9 Å². The second-order valence-corrected chi connectivity index (χ2v) is 13.7. The first-order valence-electron chi connectivity index (χ1n) is 14.4.